The molecule has 0 aromatic heterocycles. The van der Waals surface area contributed by atoms with Crippen molar-refractivity contribution in [1.29, 1.82) is 0 Å². The number of halogens is 3. The fourth-order valence-electron chi connectivity index (χ4n) is 3.12. The fourth-order valence-corrected chi connectivity index (χ4v) is 4.60. The van der Waals surface area contributed by atoms with Gasteiger partial charge >= 0.3 is 0 Å². The lowest BCUT2D eigenvalue weighted by Gasteiger charge is -2.32. The summed E-state index contributed by atoms with van der Waals surface area (Å²) in [6.07, 6.45) is 0.967. The lowest BCUT2D eigenvalue weighted by Crippen LogP contribution is -2.51. The molecule has 0 bridgehead atoms. The van der Waals surface area contributed by atoms with Gasteiger partial charge < -0.3 is 10.2 Å². The van der Waals surface area contributed by atoms with Crippen LogP contribution in [0, 0.1) is 5.92 Å². The molecule has 1 atom stereocenters. The molecule has 0 spiro atoms. The van der Waals surface area contributed by atoms with Crippen LogP contribution in [-0.2, 0) is 26.2 Å². The van der Waals surface area contributed by atoms with Crippen molar-refractivity contribution in [1.82, 2.24) is 10.2 Å². The number of anilines is 1. The van der Waals surface area contributed by atoms with E-state index in [0.29, 0.717) is 17.1 Å². The zero-order valence-electron chi connectivity index (χ0n) is 19.4. The van der Waals surface area contributed by atoms with Crippen molar-refractivity contribution < 1.29 is 18.0 Å². The van der Waals surface area contributed by atoms with Gasteiger partial charge in [-0.1, -0.05) is 66.8 Å². The second-order valence-corrected chi connectivity index (χ2v) is 11.5. The number of hydrogen-bond acceptors (Lipinski definition) is 4. The van der Waals surface area contributed by atoms with Crippen LogP contribution in [0.4, 0.5) is 5.69 Å². The van der Waals surface area contributed by atoms with Crippen LogP contribution in [0.3, 0.4) is 0 Å². The lowest BCUT2D eigenvalue weighted by molar-refractivity contribution is -0.139. The van der Waals surface area contributed by atoms with Crippen molar-refractivity contribution >= 4 is 62.3 Å². The molecule has 0 radical (unpaired) electrons. The fraction of sp³-hybridized carbons (Fsp3) is 0.391. The summed E-state index contributed by atoms with van der Waals surface area (Å²) in [7, 11) is -3.92. The third-order valence-corrected chi connectivity index (χ3v) is 7.06. The minimum absolute atomic E-state index is 0.00958. The zero-order valence-corrected chi connectivity index (χ0v) is 22.5. The summed E-state index contributed by atoms with van der Waals surface area (Å²) in [4.78, 5) is 27.6. The molecule has 0 aliphatic carbocycles. The van der Waals surface area contributed by atoms with Gasteiger partial charge in [-0.3, -0.25) is 13.9 Å². The largest absolute Gasteiger partial charge is 0.354 e. The Kier molecular flexibility index (Phi) is 10.1. The van der Waals surface area contributed by atoms with Crippen molar-refractivity contribution in [3.63, 3.8) is 0 Å². The van der Waals surface area contributed by atoms with Gasteiger partial charge in [0.05, 0.1) is 17.0 Å². The molecule has 2 rings (SSSR count). The summed E-state index contributed by atoms with van der Waals surface area (Å²) in [5, 5.41) is 3.61. The molecular formula is C23H28Cl3N3O4S. The second kappa shape index (κ2) is 12.1. The molecule has 0 unspecified atom stereocenters. The van der Waals surface area contributed by atoms with Gasteiger partial charge in [0.1, 0.15) is 12.6 Å². The first-order valence-corrected chi connectivity index (χ1v) is 13.5. The third-order valence-electron chi connectivity index (χ3n) is 5.01. The van der Waals surface area contributed by atoms with Gasteiger partial charge in [0.2, 0.25) is 21.8 Å². The molecule has 34 heavy (non-hydrogen) atoms. The highest BCUT2D eigenvalue weighted by Crippen LogP contribution is 2.31. The average Bonchev–Trinajstić information content (AvgIpc) is 2.75. The van der Waals surface area contributed by atoms with Crippen LogP contribution in [0.15, 0.2) is 42.5 Å². The Morgan fingerprint density at radius 3 is 2.24 bits per heavy atom. The zero-order chi connectivity index (χ0) is 25.6. The highest BCUT2D eigenvalue weighted by molar-refractivity contribution is 7.92. The molecule has 7 nitrogen and oxygen atoms in total. The first-order chi connectivity index (χ1) is 15.8. The highest BCUT2D eigenvalue weighted by Gasteiger charge is 2.31. The molecule has 2 amide bonds. The number of benzene rings is 2. The molecule has 11 heteroatoms. The van der Waals surface area contributed by atoms with Crippen molar-refractivity contribution in [2.75, 3.05) is 23.7 Å². The molecule has 0 saturated heterocycles. The summed E-state index contributed by atoms with van der Waals surface area (Å²) in [5.74, 6) is -0.746. The summed E-state index contributed by atoms with van der Waals surface area (Å²) in [5.41, 5.74) is 0.687. The van der Waals surface area contributed by atoms with E-state index in [2.05, 4.69) is 5.32 Å². The molecular weight excluding hydrogens is 521 g/mol. The second-order valence-electron chi connectivity index (χ2n) is 8.29. The summed E-state index contributed by atoms with van der Waals surface area (Å²) < 4.78 is 26.1. The van der Waals surface area contributed by atoms with Crippen LogP contribution in [0.5, 0.6) is 0 Å². The number of amides is 2. The molecule has 0 saturated carbocycles. The van der Waals surface area contributed by atoms with Crippen molar-refractivity contribution in [3.8, 4) is 0 Å². The summed E-state index contributed by atoms with van der Waals surface area (Å²) in [6.45, 7) is 5.36. The lowest BCUT2D eigenvalue weighted by atomic mass is 10.1. The van der Waals surface area contributed by atoms with Crippen LogP contribution in [0.25, 0.3) is 0 Å². The molecule has 1 N–H and O–H groups in total. The number of carbonyl (C=O) groups excluding carboxylic acids is 2. The van der Waals surface area contributed by atoms with Crippen LogP contribution < -0.4 is 9.62 Å². The van der Waals surface area contributed by atoms with E-state index in [-0.39, 0.29) is 34.1 Å². The molecule has 2 aromatic rings. The van der Waals surface area contributed by atoms with E-state index in [0.717, 1.165) is 10.6 Å². The maximum absolute atomic E-state index is 13.5. The predicted molar refractivity (Wildman–Crippen MR) is 138 cm³/mol. The normalized spacial score (nSPS) is 12.4. The quantitative estimate of drug-likeness (QED) is 0.470. The Balaban J connectivity index is 2.43. The van der Waals surface area contributed by atoms with Crippen LogP contribution in [0.1, 0.15) is 26.3 Å². The van der Waals surface area contributed by atoms with Gasteiger partial charge in [-0.15, -0.1) is 0 Å². The summed E-state index contributed by atoms with van der Waals surface area (Å²) >= 11 is 18.6. The van der Waals surface area contributed by atoms with E-state index < -0.39 is 28.5 Å². The first-order valence-electron chi connectivity index (χ1n) is 10.5. The Hall–Kier alpha value is -2.00. The first kappa shape index (κ1) is 28.2. The Labute approximate surface area is 216 Å². The highest BCUT2D eigenvalue weighted by atomic mass is 35.5. The molecule has 0 heterocycles. The maximum Gasteiger partial charge on any atom is 0.244 e. The predicted octanol–water partition coefficient (Wildman–Crippen LogP) is 4.60. The van der Waals surface area contributed by atoms with Gasteiger partial charge in [0.25, 0.3) is 0 Å². The summed E-state index contributed by atoms with van der Waals surface area (Å²) in [6, 6.07) is 10.4. The molecule has 2 aromatic carbocycles. The topological polar surface area (TPSA) is 86.8 Å². The number of rotatable bonds is 10. The molecule has 0 fully saturated rings. The maximum atomic E-state index is 13.5. The Bertz CT molecular complexity index is 1140. The van der Waals surface area contributed by atoms with Gasteiger partial charge in [-0.05, 0) is 42.7 Å². The van der Waals surface area contributed by atoms with Crippen molar-refractivity contribution in [3.05, 3.63) is 63.1 Å². The van der Waals surface area contributed by atoms with E-state index >= 15 is 0 Å². The number of hydrogen-bond donors (Lipinski definition) is 1. The Morgan fingerprint density at radius 1 is 1.00 bits per heavy atom. The van der Waals surface area contributed by atoms with E-state index in [1.165, 1.54) is 23.1 Å². The minimum Gasteiger partial charge on any atom is -0.354 e. The number of carbonyl (C=O) groups is 2. The van der Waals surface area contributed by atoms with Gasteiger partial charge in [-0.25, -0.2) is 8.42 Å². The average molecular weight is 549 g/mol. The standard InChI is InChI=1S/C23H28Cl3N3O4S/c1-15(2)12-27-23(31)16(3)28(13-17-7-5-6-8-19(17)25)22(30)14-29(34(4,32)33)21-11-18(24)9-10-20(21)26/h5-11,15-16H,12-14H2,1-4H3,(H,27,31)/t16-/m0/s1. The van der Waals surface area contributed by atoms with E-state index in [1.807, 2.05) is 13.8 Å². The Morgan fingerprint density at radius 2 is 1.65 bits per heavy atom. The third kappa shape index (κ3) is 7.77. The monoisotopic (exact) mass is 547 g/mol. The van der Waals surface area contributed by atoms with Gasteiger partial charge in [-0.2, -0.15) is 0 Å². The van der Waals surface area contributed by atoms with Crippen LogP contribution in [-0.4, -0.2) is 50.5 Å². The van der Waals surface area contributed by atoms with Crippen molar-refractivity contribution in [2.24, 2.45) is 5.92 Å². The van der Waals surface area contributed by atoms with Crippen LogP contribution in [0.2, 0.25) is 15.1 Å². The van der Waals surface area contributed by atoms with E-state index in [1.54, 1.807) is 31.2 Å². The minimum atomic E-state index is -3.92. The number of nitrogens with one attached hydrogen (secondary N) is 1. The van der Waals surface area contributed by atoms with Crippen LogP contribution >= 0.6 is 34.8 Å². The smallest absolute Gasteiger partial charge is 0.244 e. The number of nitrogens with zero attached hydrogens (tertiary/aromatic N) is 2. The van der Waals surface area contributed by atoms with E-state index in [4.69, 9.17) is 34.8 Å². The van der Waals surface area contributed by atoms with Gasteiger partial charge in [0, 0.05) is 23.1 Å². The van der Waals surface area contributed by atoms with E-state index in [9.17, 15) is 18.0 Å². The van der Waals surface area contributed by atoms with Crippen molar-refractivity contribution in [2.45, 2.75) is 33.4 Å². The molecule has 0 aliphatic heterocycles. The SMILES string of the molecule is CC(C)CNC(=O)[C@H](C)N(Cc1ccccc1Cl)C(=O)CN(c1cc(Cl)ccc1Cl)S(C)(=O)=O. The number of sulfonamides is 1. The van der Waals surface area contributed by atoms with Gasteiger partial charge in [0.15, 0.2) is 0 Å². The molecule has 186 valence electrons. The molecule has 0 aliphatic rings.